The van der Waals surface area contributed by atoms with E-state index in [0.29, 0.717) is 11.6 Å². The first-order valence-corrected chi connectivity index (χ1v) is 9.76. The van der Waals surface area contributed by atoms with E-state index in [0.717, 1.165) is 50.8 Å². The molecule has 1 amide bonds. The lowest BCUT2D eigenvalue weighted by Crippen LogP contribution is -2.39. The number of aliphatic hydroxyl groups is 1. The molecule has 2 aromatic rings. The first kappa shape index (κ1) is 18.2. The summed E-state index contributed by atoms with van der Waals surface area (Å²) in [5.74, 6) is 1.04. The molecule has 1 saturated heterocycles. The van der Waals surface area contributed by atoms with E-state index in [1.165, 1.54) is 0 Å². The van der Waals surface area contributed by atoms with Crippen LogP contribution < -0.4 is 5.32 Å². The number of aliphatic hydroxyl groups excluding tert-OH is 1. The Morgan fingerprint density at radius 3 is 2.70 bits per heavy atom. The van der Waals surface area contributed by atoms with Crippen LogP contribution in [0, 0.1) is 12.3 Å². The second-order valence-corrected chi connectivity index (χ2v) is 8.08. The van der Waals surface area contributed by atoms with Crippen molar-refractivity contribution in [1.29, 1.82) is 0 Å². The van der Waals surface area contributed by atoms with Crippen LogP contribution in [0.15, 0.2) is 40.9 Å². The molecule has 1 aliphatic heterocycles. The molecule has 0 bridgehead atoms. The molecule has 27 heavy (non-hydrogen) atoms. The summed E-state index contributed by atoms with van der Waals surface area (Å²) in [5, 5.41) is 16.7. The Labute approximate surface area is 159 Å². The molecule has 2 aliphatic rings. The Bertz CT molecular complexity index is 781. The Balaban J connectivity index is 1.54. The van der Waals surface area contributed by atoms with Gasteiger partial charge in [-0.3, -0.25) is 9.69 Å². The van der Waals surface area contributed by atoms with Gasteiger partial charge in [-0.05, 0) is 56.6 Å². The number of carbonyl (C=O) groups is 1. The molecule has 1 aromatic carbocycles. The zero-order chi connectivity index (χ0) is 18.9. The van der Waals surface area contributed by atoms with Crippen molar-refractivity contribution in [3.63, 3.8) is 0 Å². The minimum absolute atomic E-state index is 0.0811. The van der Waals surface area contributed by atoms with Gasteiger partial charge in [-0.2, -0.15) is 0 Å². The van der Waals surface area contributed by atoms with Crippen LogP contribution in [0.25, 0.3) is 0 Å². The monoisotopic (exact) mass is 369 g/mol. The van der Waals surface area contributed by atoms with Crippen LogP contribution in [0.3, 0.4) is 0 Å². The topological polar surface area (TPSA) is 78.6 Å². The number of nitrogens with one attached hydrogen (secondary N) is 1. The first-order chi connectivity index (χ1) is 13.0. The molecule has 1 spiro atoms. The minimum Gasteiger partial charge on any atom is -0.393 e. The van der Waals surface area contributed by atoms with Gasteiger partial charge in [0.25, 0.3) is 0 Å². The van der Waals surface area contributed by atoms with Gasteiger partial charge in [0.2, 0.25) is 5.91 Å². The van der Waals surface area contributed by atoms with E-state index in [-0.39, 0.29) is 23.5 Å². The van der Waals surface area contributed by atoms with Gasteiger partial charge in [-0.1, -0.05) is 35.5 Å². The van der Waals surface area contributed by atoms with Gasteiger partial charge in [0.15, 0.2) is 5.82 Å². The van der Waals surface area contributed by atoms with Crippen molar-refractivity contribution < 1.29 is 14.4 Å². The third-order valence-corrected chi connectivity index (χ3v) is 6.09. The van der Waals surface area contributed by atoms with E-state index < -0.39 is 0 Å². The number of carbonyl (C=O) groups excluding carboxylic acids is 1. The number of aryl methyl sites for hydroxylation is 1. The van der Waals surface area contributed by atoms with Gasteiger partial charge in [0.1, 0.15) is 11.8 Å². The molecule has 1 aromatic heterocycles. The summed E-state index contributed by atoms with van der Waals surface area (Å²) in [5.41, 5.74) is 1.22. The predicted octanol–water partition coefficient (Wildman–Crippen LogP) is 3.29. The van der Waals surface area contributed by atoms with Gasteiger partial charge in [0, 0.05) is 12.6 Å². The second-order valence-electron chi connectivity index (χ2n) is 8.08. The van der Waals surface area contributed by atoms with Gasteiger partial charge in [0.05, 0.1) is 6.10 Å². The first-order valence-electron chi connectivity index (χ1n) is 9.76. The van der Waals surface area contributed by atoms with Crippen molar-refractivity contribution in [3.05, 3.63) is 47.7 Å². The Morgan fingerprint density at radius 2 is 2.04 bits per heavy atom. The average molecular weight is 369 g/mol. The standard InChI is InChI=1S/C21H27N3O3/c1-15-13-18(23-27-15)22-20(26)19(16-5-3-2-4-6-16)24-12-11-21(14-24)9-7-17(25)8-10-21/h2-6,13,17,19,25H,7-12,14H2,1H3,(H,22,23,26). The zero-order valence-corrected chi connectivity index (χ0v) is 15.7. The third-order valence-electron chi connectivity index (χ3n) is 6.09. The summed E-state index contributed by atoms with van der Waals surface area (Å²) in [6, 6.07) is 11.3. The molecule has 1 aliphatic carbocycles. The predicted molar refractivity (Wildman–Crippen MR) is 102 cm³/mol. The fraction of sp³-hybridized carbons (Fsp3) is 0.524. The normalized spacial score (nSPS) is 27.0. The number of nitrogens with zero attached hydrogens (tertiary/aromatic N) is 2. The lowest BCUT2D eigenvalue weighted by molar-refractivity contribution is -0.121. The van der Waals surface area contributed by atoms with Crippen LogP contribution in [-0.2, 0) is 4.79 Å². The second kappa shape index (κ2) is 7.44. The molecule has 1 atom stereocenters. The van der Waals surface area contributed by atoms with Gasteiger partial charge in [-0.15, -0.1) is 0 Å². The maximum Gasteiger partial charge on any atom is 0.247 e. The summed E-state index contributed by atoms with van der Waals surface area (Å²) in [6.45, 7) is 3.59. The Morgan fingerprint density at radius 1 is 1.30 bits per heavy atom. The molecule has 0 radical (unpaired) electrons. The summed E-state index contributed by atoms with van der Waals surface area (Å²) in [7, 11) is 0. The van der Waals surface area contributed by atoms with Crippen LogP contribution in [0.2, 0.25) is 0 Å². The van der Waals surface area contributed by atoms with Crippen molar-refractivity contribution >= 4 is 11.7 Å². The van der Waals surface area contributed by atoms with E-state index in [1.54, 1.807) is 13.0 Å². The Kier molecular flexibility index (Phi) is 5.02. The minimum atomic E-state index is -0.352. The maximum absolute atomic E-state index is 13.2. The SMILES string of the molecule is Cc1cc(NC(=O)C(c2ccccc2)N2CCC3(CCC(O)CC3)C2)no1. The number of aromatic nitrogens is 1. The van der Waals surface area contributed by atoms with Crippen LogP contribution in [0.5, 0.6) is 0 Å². The highest BCUT2D eigenvalue weighted by atomic mass is 16.5. The number of benzene rings is 1. The summed E-state index contributed by atoms with van der Waals surface area (Å²) in [6.07, 6.45) is 4.74. The molecule has 1 saturated carbocycles. The maximum atomic E-state index is 13.2. The quantitative estimate of drug-likeness (QED) is 0.865. The van der Waals surface area contributed by atoms with E-state index in [4.69, 9.17) is 4.52 Å². The number of hydrogen-bond donors (Lipinski definition) is 2. The molecule has 1 unspecified atom stereocenters. The molecule has 2 N–H and O–H groups in total. The summed E-state index contributed by atoms with van der Waals surface area (Å²) < 4.78 is 5.07. The van der Waals surface area contributed by atoms with Crippen molar-refractivity contribution in [2.45, 2.75) is 51.2 Å². The van der Waals surface area contributed by atoms with Crippen molar-refractivity contribution in [1.82, 2.24) is 10.1 Å². The number of anilines is 1. The highest BCUT2D eigenvalue weighted by Crippen LogP contribution is 2.46. The molecule has 6 heteroatoms. The number of likely N-dealkylation sites (tertiary alicyclic amines) is 1. The average Bonchev–Trinajstić information content (AvgIpc) is 3.26. The van der Waals surface area contributed by atoms with E-state index >= 15 is 0 Å². The van der Waals surface area contributed by atoms with Crippen molar-refractivity contribution in [2.24, 2.45) is 5.41 Å². The lowest BCUT2D eigenvalue weighted by Gasteiger charge is -2.36. The van der Waals surface area contributed by atoms with E-state index in [2.05, 4.69) is 15.4 Å². The third kappa shape index (κ3) is 3.92. The van der Waals surface area contributed by atoms with Crippen molar-refractivity contribution in [2.75, 3.05) is 18.4 Å². The molecule has 2 heterocycles. The van der Waals surface area contributed by atoms with Crippen LogP contribution >= 0.6 is 0 Å². The van der Waals surface area contributed by atoms with E-state index in [9.17, 15) is 9.90 Å². The summed E-state index contributed by atoms with van der Waals surface area (Å²) >= 11 is 0. The number of hydrogen-bond acceptors (Lipinski definition) is 5. The largest absolute Gasteiger partial charge is 0.393 e. The van der Waals surface area contributed by atoms with Crippen molar-refractivity contribution in [3.8, 4) is 0 Å². The molecule has 4 rings (SSSR count). The smallest absolute Gasteiger partial charge is 0.247 e. The highest BCUT2D eigenvalue weighted by Gasteiger charge is 2.44. The molecule has 144 valence electrons. The lowest BCUT2D eigenvalue weighted by atomic mass is 9.72. The van der Waals surface area contributed by atoms with Gasteiger partial charge < -0.3 is 14.9 Å². The number of amides is 1. The van der Waals surface area contributed by atoms with E-state index in [1.807, 2.05) is 30.3 Å². The fourth-order valence-electron chi connectivity index (χ4n) is 4.60. The molecule has 2 fully saturated rings. The summed E-state index contributed by atoms with van der Waals surface area (Å²) in [4.78, 5) is 15.4. The van der Waals surface area contributed by atoms with Crippen LogP contribution in [0.1, 0.15) is 49.5 Å². The zero-order valence-electron chi connectivity index (χ0n) is 15.7. The molecular weight excluding hydrogens is 342 g/mol. The fourth-order valence-corrected chi connectivity index (χ4v) is 4.60. The van der Waals surface area contributed by atoms with Crippen LogP contribution in [-0.4, -0.2) is 40.3 Å². The highest BCUT2D eigenvalue weighted by molar-refractivity contribution is 5.94. The van der Waals surface area contributed by atoms with Gasteiger partial charge >= 0.3 is 0 Å². The van der Waals surface area contributed by atoms with Gasteiger partial charge in [-0.25, -0.2) is 0 Å². The molecular formula is C21H27N3O3. The van der Waals surface area contributed by atoms with Crippen LogP contribution in [0.4, 0.5) is 5.82 Å². The molecule has 6 nitrogen and oxygen atoms in total. The number of rotatable bonds is 4. The Hall–Kier alpha value is -2.18.